The Morgan fingerprint density at radius 2 is 1.86 bits per heavy atom. The van der Waals surface area contributed by atoms with Crippen LogP contribution in [0.5, 0.6) is 5.75 Å². The van der Waals surface area contributed by atoms with Gasteiger partial charge in [-0.25, -0.2) is 8.78 Å². The molecule has 0 spiro atoms. The molecule has 1 aromatic heterocycles. The van der Waals surface area contributed by atoms with E-state index in [4.69, 9.17) is 4.74 Å². The number of para-hydroxylation sites is 1. The Balaban J connectivity index is 0.00000280. The maximum atomic E-state index is 13.1. The lowest BCUT2D eigenvalue weighted by Crippen LogP contribution is -2.40. The third-order valence-electron chi connectivity index (χ3n) is 4.14. The van der Waals surface area contributed by atoms with Crippen molar-refractivity contribution >= 4 is 40.8 Å². The van der Waals surface area contributed by atoms with Crippen LogP contribution in [0.4, 0.5) is 8.78 Å². The molecule has 3 aromatic rings. The quantitative estimate of drug-likeness (QED) is 0.200. The molecule has 0 atom stereocenters. The summed E-state index contributed by atoms with van der Waals surface area (Å²) < 4.78 is 31.4. The fourth-order valence-corrected chi connectivity index (χ4v) is 2.78. The lowest BCUT2D eigenvalue weighted by molar-refractivity contribution is 0.318. The number of aromatic nitrogens is 1. The summed E-state index contributed by atoms with van der Waals surface area (Å²) in [6, 6.07) is 11.7. The molecule has 0 unspecified atom stereocenters. The van der Waals surface area contributed by atoms with E-state index in [2.05, 4.69) is 32.7 Å². The average molecular weight is 500 g/mol. The molecule has 3 N–H and O–H groups in total. The van der Waals surface area contributed by atoms with Gasteiger partial charge in [0, 0.05) is 36.8 Å². The average Bonchev–Trinajstić information content (AvgIpc) is 3.09. The second-order valence-electron chi connectivity index (χ2n) is 5.96. The van der Waals surface area contributed by atoms with Crippen molar-refractivity contribution in [1.29, 1.82) is 0 Å². The molecule has 0 amide bonds. The first-order valence-electron chi connectivity index (χ1n) is 8.74. The number of benzene rings is 2. The molecule has 0 radical (unpaired) electrons. The van der Waals surface area contributed by atoms with Crippen molar-refractivity contribution in [3.05, 3.63) is 65.9 Å². The Morgan fingerprint density at radius 3 is 2.64 bits per heavy atom. The van der Waals surface area contributed by atoms with E-state index in [-0.39, 0.29) is 29.7 Å². The van der Waals surface area contributed by atoms with Gasteiger partial charge in [0.15, 0.2) is 17.6 Å². The Morgan fingerprint density at radius 1 is 1.07 bits per heavy atom. The second-order valence-corrected chi connectivity index (χ2v) is 5.96. The molecule has 0 fully saturated rings. The first-order chi connectivity index (χ1) is 13.2. The number of H-pyrrole nitrogens is 1. The predicted octanol–water partition coefficient (Wildman–Crippen LogP) is 3.85. The Kier molecular flexibility index (Phi) is 8.49. The van der Waals surface area contributed by atoms with E-state index in [1.54, 1.807) is 7.05 Å². The highest BCUT2D eigenvalue weighted by Gasteiger charge is 2.05. The van der Waals surface area contributed by atoms with Crippen molar-refractivity contribution < 1.29 is 13.5 Å². The number of ether oxygens (including phenoxy) is 1. The molecule has 0 aliphatic rings. The maximum Gasteiger partial charge on any atom is 0.191 e. The van der Waals surface area contributed by atoms with Crippen LogP contribution in [-0.2, 0) is 6.42 Å². The molecule has 150 valence electrons. The molecular formula is C20H23F2IN4O. The van der Waals surface area contributed by atoms with E-state index in [1.165, 1.54) is 17.0 Å². The van der Waals surface area contributed by atoms with Crippen LogP contribution in [0.3, 0.4) is 0 Å². The van der Waals surface area contributed by atoms with E-state index in [0.717, 1.165) is 30.6 Å². The van der Waals surface area contributed by atoms with Crippen molar-refractivity contribution in [1.82, 2.24) is 15.6 Å². The molecule has 5 nitrogen and oxygen atoms in total. The van der Waals surface area contributed by atoms with E-state index >= 15 is 0 Å². The number of aromatic amines is 1. The minimum absolute atomic E-state index is 0. The van der Waals surface area contributed by atoms with E-state index in [0.29, 0.717) is 19.1 Å². The summed E-state index contributed by atoms with van der Waals surface area (Å²) in [5.74, 6) is -0.864. The standard InChI is InChI=1S/C20H22F2N4O.HI/c1-23-20(25-10-11-27-15-6-7-17(21)18(22)12-15)24-9-8-14-13-26-19-5-3-2-4-16(14)19;/h2-7,12-13,26H,8-11H2,1H3,(H2,23,24,25);1H. The fourth-order valence-electron chi connectivity index (χ4n) is 2.78. The van der Waals surface area contributed by atoms with Gasteiger partial charge in [0.05, 0.1) is 6.54 Å². The highest BCUT2D eigenvalue weighted by Crippen LogP contribution is 2.17. The van der Waals surface area contributed by atoms with Crippen LogP contribution in [-0.4, -0.2) is 37.7 Å². The number of halogens is 3. The van der Waals surface area contributed by atoms with Gasteiger partial charge >= 0.3 is 0 Å². The van der Waals surface area contributed by atoms with Gasteiger partial charge in [0.2, 0.25) is 0 Å². The van der Waals surface area contributed by atoms with Crippen LogP contribution in [0.1, 0.15) is 5.56 Å². The normalized spacial score (nSPS) is 11.2. The summed E-state index contributed by atoms with van der Waals surface area (Å²) in [5.41, 5.74) is 2.37. The SMILES string of the molecule is CN=C(NCCOc1ccc(F)c(F)c1)NCCc1c[nH]c2ccccc12.I. The number of rotatable bonds is 7. The highest BCUT2D eigenvalue weighted by atomic mass is 127. The maximum absolute atomic E-state index is 13.1. The van der Waals surface area contributed by atoms with Gasteiger partial charge in [0.25, 0.3) is 0 Å². The largest absolute Gasteiger partial charge is 0.492 e. The Bertz CT molecular complexity index is 929. The van der Waals surface area contributed by atoms with Crippen LogP contribution in [0, 0.1) is 11.6 Å². The molecule has 8 heteroatoms. The molecule has 0 saturated carbocycles. The van der Waals surface area contributed by atoms with Crippen molar-refractivity contribution in [2.24, 2.45) is 4.99 Å². The molecule has 1 heterocycles. The topological polar surface area (TPSA) is 61.4 Å². The summed E-state index contributed by atoms with van der Waals surface area (Å²) in [6.45, 7) is 1.51. The van der Waals surface area contributed by atoms with Gasteiger partial charge in [-0.05, 0) is 30.2 Å². The molecule has 0 aliphatic carbocycles. The number of hydrogen-bond acceptors (Lipinski definition) is 2. The Hall–Kier alpha value is -2.36. The van der Waals surface area contributed by atoms with Gasteiger partial charge in [-0.15, -0.1) is 24.0 Å². The van der Waals surface area contributed by atoms with Crippen molar-refractivity contribution in [3.8, 4) is 5.75 Å². The third kappa shape index (κ3) is 5.82. The number of fused-ring (bicyclic) bond motifs is 1. The number of guanidine groups is 1. The molecule has 2 aromatic carbocycles. The van der Waals surface area contributed by atoms with E-state index in [1.807, 2.05) is 18.3 Å². The molecular weight excluding hydrogens is 477 g/mol. The van der Waals surface area contributed by atoms with Gasteiger partial charge in [-0.1, -0.05) is 18.2 Å². The monoisotopic (exact) mass is 500 g/mol. The fraction of sp³-hybridized carbons (Fsp3) is 0.250. The summed E-state index contributed by atoms with van der Waals surface area (Å²) in [5, 5.41) is 7.59. The zero-order valence-electron chi connectivity index (χ0n) is 15.5. The van der Waals surface area contributed by atoms with Crippen LogP contribution >= 0.6 is 24.0 Å². The highest BCUT2D eigenvalue weighted by molar-refractivity contribution is 14.0. The predicted molar refractivity (Wildman–Crippen MR) is 119 cm³/mol. The minimum Gasteiger partial charge on any atom is -0.492 e. The zero-order chi connectivity index (χ0) is 19.1. The third-order valence-corrected chi connectivity index (χ3v) is 4.14. The van der Waals surface area contributed by atoms with E-state index < -0.39 is 11.6 Å². The molecule has 28 heavy (non-hydrogen) atoms. The second kappa shape index (κ2) is 10.8. The Labute approximate surface area is 179 Å². The molecule has 3 rings (SSSR count). The lowest BCUT2D eigenvalue weighted by atomic mass is 10.1. The lowest BCUT2D eigenvalue weighted by Gasteiger charge is -2.12. The van der Waals surface area contributed by atoms with Crippen molar-refractivity contribution in [2.75, 3.05) is 26.7 Å². The molecule has 0 bridgehead atoms. The number of aliphatic imine (C=N–C) groups is 1. The molecule has 0 saturated heterocycles. The smallest absolute Gasteiger partial charge is 0.191 e. The van der Waals surface area contributed by atoms with Gasteiger partial charge < -0.3 is 20.4 Å². The first kappa shape index (κ1) is 21.9. The summed E-state index contributed by atoms with van der Waals surface area (Å²) in [7, 11) is 1.69. The van der Waals surface area contributed by atoms with Crippen LogP contribution in [0.25, 0.3) is 10.9 Å². The van der Waals surface area contributed by atoms with Gasteiger partial charge in [0.1, 0.15) is 12.4 Å². The van der Waals surface area contributed by atoms with Crippen molar-refractivity contribution in [3.63, 3.8) is 0 Å². The van der Waals surface area contributed by atoms with Gasteiger partial charge in [-0.2, -0.15) is 0 Å². The number of nitrogens with one attached hydrogen (secondary N) is 3. The number of hydrogen-bond donors (Lipinski definition) is 3. The first-order valence-corrected chi connectivity index (χ1v) is 8.74. The summed E-state index contributed by atoms with van der Waals surface area (Å²) in [6.07, 6.45) is 2.88. The van der Waals surface area contributed by atoms with Crippen LogP contribution in [0.15, 0.2) is 53.7 Å². The van der Waals surface area contributed by atoms with E-state index in [9.17, 15) is 8.78 Å². The minimum atomic E-state index is -0.921. The van der Waals surface area contributed by atoms with Gasteiger partial charge in [-0.3, -0.25) is 4.99 Å². The number of nitrogens with zero attached hydrogens (tertiary/aromatic N) is 1. The van der Waals surface area contributed by atoms with Crippen LogP contribution in [0.2, 0.25) is 0 Å². The van der Waals surface area contributed by atoms with Crippen molar-refractivity contribution in [2.45, 2.75) is 6.42 Å². The summed E-state index contributed by atoms with van der Waals surface area (Å²) in [4.78, 5) is 7.43. The zero-order valence-corrected chi connectivity index (χ0v) is 17.8. The van der Waals surface area contributed by atoms with Crippen LogP contribution < -0.4 is 15.4 Å². The molecule has 0 aliphatic heterocycles. The summed E-state index contributed by atoms with van der Waals surface area (Å²) >= 11 is 0.